The van der Waals surface area contributed by atoms with Crippen molar-refractivity contribution < 1.29 is 0 Å². The van der Waals surface area contributed by atoms with E-state index in [2.05, 4.69) is 26.0 Å². The molecule has 0 amide bonds. The average Bonchev–Trinajstić information content (AvgIpc) is 2.13. The SMILES string of the molecule is CC(C)CC1(c2ccc(Cl)cc2)CCC1. The highest BCUT2D eigenvalue weighted by Crippen LogP contribution is 2.48. The summed E-state index contributed by atoms with van der Waals surface area (Å²) in [7, 11) is 0. The van der Waals surface area contributed by atoms with Crippen LogP contribution >= 0.6 is 11.6 Å². The van der Waals surface area contributed by atoms with Crippen LogP contribution in [-0.4, -0.2) is 0 Å². The van der Waals surface area contributed by atoms with E-state index in [-0.39, 0.29) is 0 Å². The van der Waals surface area contributed by atoms with Crippen LogP contribution < -0.4 is 0 Å². The molecular formula is C14H19Cl. The summed E-state index contributed by atoms with van der Waals surface area (Å²) >= 11 is 5.93. The van der Waals surface area contributed by atoms with E-state index in [9.17, 15) is 0 Å². The number of halogens is 1. The molecule has 0 radical (unpaired) electrons. The molecule has 0 aliphatic heterocycles. The summed E-state index contributed by atoms with van der Waals surface area (Å²) in [6.45, 7) is 4.63. The molecule has 15 heavy (non-hydrogen) atoms. The molecule has 0 bridgehead atoms. The Morgan fingerprint density at radius 2 is 1.80 bits per heavy atom. The lowest BCUT2D eigenvalue weighted by atomic mass is 9.61. The third kappa shape index (κ3) is 2.20. The van der Waals surface area contributed by atoms with Gasteiger partial charge in [0.05, 0.1) is 0 Å². The molecule has 1 aromatic carbocycles. The summed E-state index contributed by atoms with van der Waals surface area (Å²) in [5, 5.41) is 0.845. The maximum Gasteiger partial charge on any atom is 0.0406 e. The van der Waals surface area contributed by atoms with Crippen LogP contribution in [0, 0.1) is 5.92 Å². The second kappa shape index (κ2) is 4.17. The van der Waals surface area contributed by atoms with Gasteiger partial charge in [-0.1, -0.05) is 44.0 Å². The summed E-state index contributed by atoms with van der Waals surface area (Å²) < 4.78 is 0. The van der Waals surface area contributed by atoms with E-state index in [0.717, 1.165) is 10.9 Å². The largest absolute Gasteiger partial charge is 0.0843 e. The van der Waals surface area contributed by atoms with Gasteiger partial charge in [-0.2, -0.15) is 0 Å². The van der Waals surface area contributed by atoms with Crippen molar-refractivity contribution in [2.45, 2.75) is 44.9 Å². The third-order valence-electron chi connectivity index (χ3n) is 3.57. The van der Waals surface area contributed by atoms with E-state index in [0.29, 0.717) is 5.41 Å². The number of rotatable bonds is 3. The van der Waals surface area contributed by atoms with Gasteiger partial charge in [-0.05, 0) is 48.3 Å². The highest BCUT2D eigenvalue weighted by molar-refractivity contribution is 6.30. The fourth-order valence-corrected chi connectivity index (χ4v) is 2.93. The summed E-state index contributed by atoms with van der Waals surface area (Å²) in [6, 6.07) is 8.47. The molecule has 1 aliphatic carbocycles. The normalized spacial score (nSPS) is 18.9. The smallest absolute Gasteiger partial charge is 0.0406 e. The first-order chi connectivity index (χ1) is 7.12. The molecule has 0 atom stereocenters. The van der Waals surface area contributed by atoms with Gasteiger partial charge in [0, 0.05) is 5.02 Å². The van der Waals surface area contributed by atoms with Gasteiger partial charge in [0.25, 0.3) is 0 Å². The van der Waals surface area contributed by atoms with Crippen molar-refractivity contribution in [2.24, 2.45) is 5.92 Å². The van der Waals surface area contributed by atoms with Crippen LogP contribution in [0.15, 0.2) is 24.3 Å². The van der Waals surface area contributed by atoms with Crippen molar-refractivity contribution in [2.75, 3.05) is 0 Å². The molecule has 1 aliphatic rings. The molecule has 0 spiro atoms. The topological polar surface area (TPSA) is 0 Å². The standard InChI is InChI=1S/C14H19Cl/c1-11(2)10-14(8-3-9-14)12-4-6-13(15)7-5-12/h4-7,11H,3,8-10H2,1-2H3. The highest BCUT2D eigenvalue weighted by atomic mass is 35.5. The lowest BCUT2D eigenvalue weighted by Gasteiger charge is -2.44. The Morgan fingerprint density at radius 3 is 2.20 bits per heavy atom. The van der Waals surface area contributed by atoms with Gasteiger partial charge in [-0.25, -0.2) is 0 Å². The Balaban J connectivity index is 2.22. The van der Waals surface area contributed by atoms with Crippen molar-refractivity contribution in [3.05, 3.63) is 34.9 Å². The number of benzene rings is 1. The van der Waals surface area contributed by atoms with Crippen LogP contribution in [-0.2, 0) is 5.41 Å². The van der Waals surface area contributed by atoms with Gasteiger partial charge in [0.15, 0.2) is 0 Å². The van der Waals surface area contributed by atoms with E-state index in [4.69, 9.17) is 11.6 Å². The van der Waals surface area contributed by atoms with Crippen molar-refractivity contribution in [1.82, 2.24) is 0 Å². The van der Waals surface area contributed by atoms with Gasteiger partial charge in [0.2, 0.25) is 0 Å². The lowest BCUT2D eigenvalue weighted by Crippen LogP contribution is -2.35. The molecule has 1 aromatic rings. The first kappa shape index (κ1) is 11.0. The molecule has 82 valence electrons. The third-order valence-corrected chi connectivity index (χ3v) is 3.82. The van der Waals surface area contributed by atoms with Crippen LogP contribution in [0.3, 0.4) is 0 Å². The first-order valence-corrected chi connectivity index (χ1v) is 6.26. The quantitative estimate of drug-likeness (QED) is 0.689. The minimum absolute atomic E-state index is 0.471. The fraction of sp³-hybridized carbons (Fsp3) is 0.571. The van der Waals surface area contributed by atoms with Crippen LogP contribution in [0.1, 0.15) is 45.1 Å². The molecule has 1 fully saturated rings. The molecule has 0 nitrogen and oxygen atoms in total. The molecule has 1 saturated carbocycles. The molecule has 2 rings (SSSR count). The lowest BCUT2D eigenvalue weighted by molar-refractivity contribution is 0.200. The van der Waals surface area contributed by atoms with E-state index < -0.39 is 0 Å². The number of hydrogen-bond acceptors (Lipinski definition) is 0. The zero-order valence-corrected chi connectivity index (χ0v) is 10.3. The van der Waals surface area contributed by atoms with E-state index >= 15 is 0 Å². The molecule has 0 aromatic heterocycles. The van der Waals surface area contributed by atoms with Crippen LogP contribution in [0.5, 0.6) is 0 Å². The van der Waals surface area contributed by atoms with E-state index in [1.165, 1.54) is 31.2 Å². The summed E-state index contributed by atoms with van der Waals surface area (Å²) in [6.07, 6.45) is 5.41. The average molecular weight is 223 g/mol. The number of hydrogen-bond donors (Lipinski definition) is 0. The zero-order valence-electron chi connectivity index (χ0n) is 9.59. The van der Waals surface area contributed by atoms with Gasteiger partial charge in [0.1, 0.15) is 0 Å². The fourth-order valence-electron chi connectivity index (χ4n) is 2.80. The first-order valence-electron chi connectivity index (χ1n) is 5.88. The Morgan fingerprint density at radius 1 is 1.20 bits per heavy atom. The molecule has 1 heteroatoms. The van der Waals surface area contributed by atoms with Crippen LogP contribution in [0.2, 0.25) is 5.02 Å². The second-order valence-electron chi connectivity index (χ2n) is 5.24. The second-order valence-corrected chi connectivity index (χ2v) is 5.68. The molecule has 0 N–H and O–H groups in total. The van der Waals surface area contributed by atoms with Crippen molar-refractivity contribution in [3.63, 3.8) is 0 Å². The van der Waals surface area contributed by atoms with E-state index in [1.807, 2.05) is 12.1 Å². The van der Waals surface area contributed by atoms with Crippen molar-refractivity contribution in [1.29, 1.82) is 0 Å². The Kier molecular flexibility index (Phi) is 3.06. The minimum atomic E-state index is 0.471. The summed E-state index contributed by atoms with van der Waals surface area (Å²) in [5.41, 5.74) is 1.96. The minimum Gasteiger partial charge on any atom is -0.0843 e. The molecule has 0 heterocycles. The van der Waals surface area contributed by atoms with Crippen molar-refractivity contribution >= 4 is 11.6 Å². The Hall–Kier alpha value is -0.490. The Labute approximate surface area is 97.6 Å². The summed E-state index contributed by atoms with van der Waals surface area (Å²) in [5.74, 6) is 0.779. The molecule has 0 unspecified atom stereocenters. The predicted molar refractivity (Wildman–Crippen MR) is 66.4 cm³/mol. The van der Waals surface area contributed by atoms with Crippen LogP contribution in [0.4, 0.5) is 0 Å². The zero-order chi connectivity index (χ0) is 10.9. The monoisotopic (exact) mass is 222 g/mol. The maximum atomic E-state index is 5.93. The van der Waals surface area contributed by atoms with Gasteiger partial charge < -0.3 is 0 Å². The molecular weight excluding hydrogens is 204 g/mol. The van der Waals surface area contributed by atoms with Crippen LogP contribution in [0.25, 0.3) is 0 Å². The predicted octanol–water partition coefficient (Wildman–Crippen LogP) is 4.81. The maximum absolute atomic E-state index is 5.93. The van der Waals surface area contributed by atoms with E-state index in [1.54, 1.807) is 0 Å². The summed E-state index contributed by atoms with van der Waals surface area (Å²) in [4.78, 5) is 0. The van der Waals surface area contributed by atoms with Gasteiger partial charge in [-0.15, -0.1) is 0 Å². The van der Waals surface area contributed by atoms with Crippen molar-refractivity contribution in [3.8, 4) is 0 Å². The van der Waals surface area contributed by atoms with Gasteiger partial charge in [-0.3, -0.25) is 0 Å². The Bertz CT molecular complexity index is 320. The van der Waals surface area contributed by atoms with Gasteiger partial charge >= 0.3 is 0 Å². The molecule has 0 saturated heterocycles. The highest BCUT2D eigenvalue weighted by Gasteiger charge is 2.38.